The van der Waals surface area contributed by atoms with Crippen molar-refractivity contribution in [3.05, 3.63) is 64.7 Å². The molecule has 28 heavy (non-hydrogen) atoms. The Kier molecular flexibility index (Phi) is 8.02. The highest BCUT2D eigenvalue weighted by Crippen LogP contribution is 2.27. The van der Waals surface area contributed by atoms with E-state index in [0.717, 1.165) is 5.57 Å². The normalized spacial score (nSPS) is 10.3. The molecule has 148 valence electrons. The van der Waals surface area contributed by atoms with Crippen molar-refractivity contribution in [2.24, 2.45) is 0 Å². The van der Waals surface area contributed by atoms with E-state index in [2.05, 4.69) is 33.1 Å². The van der Waals surface area contributed by atoms with Crippen LogP contribution in [-0.4, -0.2) is 23.7 Å². The molecule has 5 nitrogen and oxygen atoms in total. The molecule has 0 spiro atoms. The molecule has 0 saturated carbocycles. The number of rotatable bonds is 7. The summed E-state index contributed by atoms with van der Waals surface area (Å²) in [4.78, 5) is 12.4. The lowest BCUT2D eigenvalue weighted by Gasteiger charge is -2.13. The molecule has 0 heterocycles. The Balaban J connectivity index is 1.97. The smallest absolute Gasteiger partial charge is 0.257 e. The molecule has 2 rings (SSSR count). The number of benzene rings is 2. The van der Waals surface area contributed by atoms with Gasteiger partial charge in [0, 0.05) is 17.3 Å². The van der Waals surface area contributed by atoms with Gasteiger partial charge >= 0.3 is 0 Å². The van der Waals surface area contributed by atoms with E-state index in [9.17, 15) is 4.79 Å². The van der Waals surface area contributed by atoms with Gasteiger partial charge in [-0.2, -0.15) is 0 Å². The van der Waals surface area contributed by atoms with Crippen LogP contribution in [0.1, 0.15) is 31.1 Å². The first-order valence-corrected chi connectivity index (χ1v) is 9.90. The average molecular weight is 463 g/mol. The molecule has 0 aromatic heterocycles. The molecule has 7 heteroatoms. The fraction of sp³-hybridized carbons (Fsp3) is 0.238. The van der Waals surface area contributed by atoms with Gasteiger partial charge in [0.2, 0.25) is 0 Å². The number of nitrogens with one attached hydrogen (secondary N) is 2. The van der Waals surface area contributed by atoms with Crippen LogP contribution in [0.25, 0.3) is 0 Å². The molecule has 1 amide bonds. The first-order valence-electron chi connectivity index (χ1n) is 8.70. The van der Waals surface area contributed by atoms with Crippen LogP contribution >= 0.6 is 28.1 Å². The lowest BCUT2D eigenvalue weighted by atomic mass is 10.2. The van der Waals surface area contributed by atoms with Crippen molar-refractivity contribution < 1.29 is 14.3 Å². The molecular weight excluding hydrogens is 440 g/mol. The SMILES string of the molecule is C=C(C)COc1cccc(NC(=S)NC(=O)c2ccc(OC(C)C)c(Br)c2)c1. The molecule has 0 unspecified atom stereocenters. The van der Waals surface area contributed by atoms with Gasteiger partial charge in [-0.1, -0.05) is 12.6 Å². The summed E-state index contributed by atoms with van der Waals surface area (Å²) >= 11 is 8.67. The summed E-state index contributed by atoms with van der Waals surface area (Å²) < 4.78 is 12.0. The predicted octanol–water partition coefficient (Wildman–Crippen LogP) is 5.32. The van der Waals surface area contributed by atoms with Gasteiger partial charge in [-0.15, -0.1) is 0 Å². The van der Waals surface area contributed by atoms with E-state index in [4.69, 9.17) is 21.7 Å². The molecule has 0 radical (unpaired) electrons. The quantitative estimate of drug-likeness (QED) is 0.430. The van der Waals surface area contributed by atoms with Crippen molar-refractivity contribution in [2.75, 3.05) is 11.9 Å². The Morgan fingerprint density at radius 3 is 2.64 bits per heavy atom. The van der Waals surface area contributed by atoms with Crippen LogP contribution < -0.4 is 20.1 Å². The lowest BCUT2D eigenvalue weighted by molar-refractivity contribution is 0.0977. The van der Waals surface area contributed by atoms with Gasteiger partial charge in [-0.25, -0.2) is 0 Å². The second-order valence-corrected chi connectivity index (χ2v) is 7.76. The number of carbonyl (C=O) groups is 1. The van der Waals surface area contributed by atoms with Crippen molar-refractivity contribution >= 4 is 44.9 Å². The monoisotopic (exact) mass is 462 g/mol. The summed E-state index contributed by atoms with van der Waals surface area (Å²) in [7, 11) is 0. The summed E-state index contributed by atoms with van der Waals surface area (Å²) in [6.45, 7) is 10.0. The van der Waals surface area contributed by atoms with Gasteiger partial charge < -0.3 is 14.8 Å². The highest BCUT2D eigenvalue weighted by molar-refractivity contribution is 9.10. The van der Waals surface area contributed by atoms with Crippen LogP contribution in [0.3, 0.4) is 0 Å². The molecule has 2 N–H and O–H groups in total. The molecule has 0 aliphatic heterocycles. The molecule has 0 aliphatic rings. The fourth-order valence-electron chi connectivity index (χ4n) is 2.20. The van der Waals surface area contributed by atoms with Crippen LogP contribution in [0.15, 0.2) is 59.1 Å². The number of halogens is 1. The van der Waals surface area contributed by atoms with Crippen LogP contribution in [0.4, 0.5) is 5.69 Å². The predicted molar refractivity (Wildman–Crippen MR) is 120 cm³/mol. The highest BCUT2D eigenvalue weighted by Gasteiger charge is 2.12. The molecule has 0 atom stereocenters. The summed E-state index contributed by atoms with van der Waals surface area (Å²) in [5.74, 6) is 1.05. The first kappa shape index (κ1) is 21.9. The Morgan fingerprint density at radius 1 is 1.25 bits per heavy atom. The van der Waals surface area contributed by atoms with E-state index in [1.54, 1.807) is 24.3 Å². The maximum atomic E-state index is 12.4. The first-order chi connectivity index (χ1) is 13.2. The number of amides is 1. The van der Waals surface area contributed by atoms with Crippen molar-refractivity contribution in [2.45, 2.75) is 26.9 Å². The van der Waals surface area contributed by atoms with Gasteiger partial charge in [-0.3, -0.25) is 10.1 Å². The summed E-state index contributed by atoms with van der Waals surface area (Å²) in [6.07, 6.45) is 0.0443. The van der Waals surface area contributed by atoms with Gasteiger partial charge in [0.1, 0.15) is 18.1 Å². The van der Waals surface area contributed by atoms with E-state index in [0.29, 0.717) is 33.8 Å². The third-order valence-electron chi connectivity index (χ3n) is 3.36. The van der Waals surface area contributed by atoms with Crippen LogP contribution in [0.2, 0.25) is 0 Å². The van der Waals surface area contributed by atoms with Gasteiger partial charge in [0.05, 0.1) is 10.6 Å². The minimum Gasteiger partial charge on any atom is -0.490 e. The maximum absolute atomic E-state index is 12.4. The van der Waals surface area contributed by atoms with Crippen LogP contribution in [0, 0.1) is 0 Å². The number of anilines is 1. The lowest BCUT2D eigenvalue weighted by Crippen LogP contribution is -2.34. The zero-order valence-corrected chi connectivity index (χ0v) is 18.4. The van der Waals surface area contributed by atoms with E-state index in [-0.39, 0.29) is 17.1 Å². The molecule has 0 aliphatic carbocycles. The molecule has 0 fully saturated rings. The van der Waals surface area contributed by atoms with E-state index < -0.39 is 0 Å². The number of hydrogen-bond acceptors (Lipinski definition) is 4. The van der Waals surface area contributed by atoms with Gasteiger partial charge in [0.15, 0.2) is 5.11 Å². The van der Waals surface area contributed by atoms with Crippen molar-refractivity contribution in [1.82, 2.24) is 5.32 Å². The summed E-state index contributed by atoms with van der Waals surface area (Å²) in [5, 5.41) is 5.85. The molecular formula is C21H23BrN2O3S. The molecule has 0 saturated heterocycles. The average Bonchev–Trinajstić information content (AvgIpc) is 2.61. The number of carbonyl (C=O) groups excluding carboxylic acids is 1. The highest BCUT2D eigenvalue weighted by atomic mass is 79.9. The van der Waals surface area contributed by atoms with Crippen LogP contribution in [0.5, 0.6) is 11.5 Å². The fourth-order valence-corrected chi connectivity index (χ4v) is 2.88. The van der Waals surface area contributed by atoms with E-state index in [1.807, 2.05) is 39.0 Å². The minimum absolute atomic E-state index is 0.0443. The molecule has 2 aromatic carbocycles. The second kappa shape index (κ2) is 10.2. The molecule has 0 bridgehead atoms. The number of thiocarbonyl (C=S) groups is 1. The Hall–Kier alpha value is -2.38. The number of ether oxygens (including phenoxy) is 2. The zero-order valence-electron chi connectivity index (χ0n) is 16.0. The Labute approximate surface area is 179 Å². The largest absolute Gasteiger partial charge is 0.490 e. The molecule has 2 aromatic rings. The zero-order chi connectivity index (χ0) is 20.7. The minimum atomic E-state index is -0.316. The third kappa shape index (κ3) is 6.98. The van der Waals surface area contributed by atoms with Gasteiger partial charge in [-0.05, 0) is 84.8 Å². The summed E-state index contributed by atoms with van der Waals surface area (Å²) in [5.41, 5.74) is 2.11. The topological polar surface area (TPSA) is 59.6 Å². The standard InChI is InChI=1S/C21H23BrN2O3S/c1-13(2)12-26-17-7-5-6-16(11-17)23-21(28)24-20(25)15-8-9-19(18(22)10-15)27-14(3)4/h5-11,14H,1,12H2,2-4H3,(H2,23,24,25,28). The Morgan fingerprint density at radius 2 is 2.00 bits per heavy atom. The number of hydrogen-bond donors (Lipinski definition) is 2. The van der Waals surface area contributed by atoms with Crippen LogP contribution in [-0.2, 0) is 0 Å². The van der Waals surface area contributed by atoms with E-state index >= 15 is 0 Å². The van der Waals surface area contributed by atoms with Crippen molar-refractivity contribution in [3.8, 4) is 11.5 Å². The van der Waals surface area contributed by atoms with Crippen molar-refractivity contribution in [1.29, 1.82) is 0 Å². The third-order valence-corrected chi connectivity index (χ3v) is 4.18. The Bertz CT molecular complexity index is 884. The van der Waals surface area contributed by atoms with Gasteiger partial charge in [0.25, 0.3) is 5.91 Å². The van der Waals surface area contributed by atoms with E-state index in [1.165, 1.54) is 0 Å². The summed E-state index contributed by atoms with van der Waals surface area (Å²) in [6, 6.07) is 12.4. The van der Waals surface area contributed by atoms with Crippen molar-refractivity contribution in [3.63, 3.8) is 0 Å². The second-order valence-electron chi connectivity index (χ2n) is 6.49. The maximum Gasteiger partial charge on any atom is 0.257 e.